The molecule has 0 spiro atoms. The normalized spacial score (nSPS) is 11.9. The maximum Gasteiger partial charge on any atom is 0.416 e. The van der Waals surface area contributed by atoms with E-state index in [0.29, 0.717) is 23.2 Å². The Morgan fingerprint density at radius 2 is 1.68 bits per heavy atom. The third-order valence-corrected chi connectivity index (χ3v) is 5.22. The van der Waals surface area contributed by atoms with E-state index in [1.54, 1.807) is 31.2 Å². The number of para-hydroxylation sites is 1. The first-order valence-corrected chi connectivity index (χ1v) is 10.3. The maximum absolute atomic E-state index is 12.6. The van der Waals surface area contributed by atoms with Crippen LogP contribution in [0, 0.1) is 6.92 Å². The molecule has 0 aliphatic rings. The molecule has 1 amide bonds. The van der Waals surface area contributed by atoms with Crippen LogP contribution >= 0.6 is 0 Å². The Morgan fingerprint density at radius 1 is 1.07 bits per heavy atom. The third-order valence-electron chi connectivity index (χ3n) is 4.09. The van der Waals surface area contributed by atoms with Gasteiger partial charge in [-0.1, -0.05) is 30.3 Å². The minimum atomic E-state index is -4.39. The minimum absolute atomic E-state index is 0.176. The number of benzene rings is 2. The van der Waals surface area contributed by atoms with Crippen molar-refractivity contribution in [2.45, 2.75) is 19.5 Å². The molecule has 2 aromatic rings. The summed E-state index contributed by atoms with van der Waals surface area (Å²) in [4.78, 5) is 12.2. The molecule has 0 unspecified atom stereocenters. The van der Waals surface area contributed by atoms with Gasteiger partial charge in [-0.2, -0.15) is 13.2 Å². The number of hydrogen-bond donors (Lipinski definition) is 1. The highest BCUT2D eigenvalue weighted by Crippen LogP contribution is 2.29. The second-order valence-electron chi connectivity index (χ2n) is 6.35. The molecule has 0 bridgehead atoms. The quantitative estimate of drug-likeness (QED) is 0.757. The largest absolute Gasteiger partial charge is 0.416 e. The molecule has 5 nitrogen and oxygen atoms in total. The summed E-state index contributed by atoms with van der Waals surface area (Å²) < 4.78 is 62.8. The Hall–Kier alpha value is -2.55. The van der Waals surface area contributed by atoms with Crippen LogP contribution in [0.3, 0.4) is 0 Å². The Balaban J connectivity index is 1.96. The number of nitrogens with zero attached hydrogens (tertiary/aromatic N) is 1. The van der Waals surface area contributed by atoms with Crippen LogP contribution in [-0.4, -0.2) is 33.7 Å². The van der Waals surface area contributed by atoms with Gasteiger partial charge in [-0.3, -0.25) is 9.10 Å². The molecular weight excluding hydrogens is 393 g/mol. The van der Waals surface area contributed by atoms with E-state index in [-0.39, 0.29) is 13.1 Å². The topological polar surface area (TPSA) is 66.5 Å². The van der Waals surface area contributed by atoms with Gasteiger partial charge in [0.15, 0.2) is 0 Å². The number of anilines is 1. The highest BCUT2D eigenvalue weighted by atomic mass is 32.2. The van der Waals surface area contributed by atoms with Gasteiger partial charge in [-0.05, 0) is 42.7 Å². The van der Waals surface area contributed by atoms with E-state index in [1.807, 2.05) is 0 Å². The van der Waals surface area contributed by atoms with Crippen LogP contribution in [0.2, 0.25) is 0 Å². The van der Waals surface area contributed by atoms with Crippen molar-refractivity contribution in [3.8, 4) is 0 Å². The first kappa shape index (κ1) is 21.7. The van der Waals surface area contributed by atoms with Crippen LogP contribution in [0.5, 0.6) is 0 Å². The number of rotatable bonds is 7. The lowest BCUT2D eigenvalue weighted by molar-refractivity contribution is -0.137. The summed E-state index contributed by atoms with van der Waals surface area (Å²) in [6.07, 6.45) is -3.04. The predicted molar refractivity (Wildman–Crippen MR) is 102 cm³/mol. The third kappa shape index (κ3) is 5.98. The number of alkyl halides is 3. The first-order valence-electron chi connectivity index (χ1n) is 8.44. The average molecular weight is 414 g/mol. The highest BCUT2D eigenvalue weighted by molar-refractivity contribution is 7.92. The van der Waals surface area contributed by atoms with Gasteiger partial charge in [0.2, 0.25) is 15.9 Å². The number of carbonyl (C=O) groups is 1. The van der Waals surface area contributed by atoms with Gasteiger partial charge in [0.05, 0.1) is 17.5 Å². The monoisotopic (exact) mass is 414 g/mol. The average Bonchev–Trinajstić information content (AvgIpc) is 2.59. The maximum atomic E-state index is 12.6. The minimum Gasteiger partial charge on any atom is -0.354 e. The van der Waals surface area contributed by atoms with E-state index in [2.05, 4.69) is 5.32 Å². The summed E-state index contributed by atoms with van der Waals surface area (Å²) in [5.74, 6) is -0.499. The Labute approximate surface area is 162 Å². The summed E-state index contributed by atoms with van der Waals surface area (Å²) in [7, 11) is -3.67. The summed E-state index contributed by atoms with van der Waals surface area (Å²) >= 11 is 0. The molecule has 28 heavy (non-hydrogen) atoms. The zero-order chi connectivity index (χ0) is 20.9. The zero-order valence-corrected chi connectivity index (χ0v) is 16.3. The van der Waals surface area contributed by atoms with E-state index < -0.39 is 27.7 Å². The number of halogens is 3. The van der Waals surface area contributed by atoms with Gasteiger partial charge in [0, 0.05) is 6.54 Å². The number of aryl methyl sites for hydroxylation is 1. The summed E-state index contributed by atoms with van der Waals surface area (Å²) in [6, 6.07) is 11.5. The molecule has 1 N–H and O–H groups in total. The van der Waals surface area contributed by atoms with Crippen LogP contribution in [0.15, 0.2) is 48.5 Å². The number of amides is 1. The molecule has 0 aliphatic carbocycles. The number of nitrogens with one attached hydrogen (secondary N) is 1. The molecule has 0 radical (unpaired) electrons. The molecule has 152 valence electrons. The van der Waals surface area contributed by atoms with Crippen molar-refractivity contribution in [3.05, 3.63) is 65.2 Å². The second-order valence-corrected chi connectivity index (χ2v) is 8.26. The van der Waals surface area contributed by atoms with Crippen molar-refractivity contribution < 1.29 is 26.4 Å². The van der Waals surface area contributed by atoms with Crippen LogP contribution in [-0.2, 0) is 27.4 Å². The molecule has 9 heteroatoms. The van der Waals surface area contributed by atoms with Gasteiger partial charge in [0.1, 0.15) is 6.54 Å². The van der Waals surface area contributed by atoms with Gasteiger partial charge < -0.3 is 5.32 Å². The standard InChI is InChI=1S/C19H21F3N2O3S/c1-14-5-3-4-6-17(14)24(28(2,26)27)13-18(25)23-12-11-15-7-9-16(10-8-15)19(20,21)22/h3-10H,11-13H2,1-2H3,(H,23,25). The van der Waals surface area contributed by atoms with Crippen LogP contribution in [0.4, 0.5) is 18.9 Å². The van der Waals surface area contributed by atoms with Crippen molar-refractivity contribution in [1.82, 2.24) is 5.32 Å². The number of carbonyl (C=O) groups excluding carboxylic acids is 1. The second kappa shape index (κ2) is 8.64. The molecule has 0 heterocycles. The fraction of sp³-hybridized carbons (Fsp3) is 0.316. The van der Waals surface area contributed by atoms with E-state index >= 15 is 0 Å². The van der Waals surface area contributed by atoms with E-state index in [1.165, 1.54) is 12.1 Å². The zero-order valence-electron chi connectivity index (χ0n) is 15.5. The molecule has 0 saturated carbocycles. The van der Waals surface area contributed by atoms with Gasteiger partial charge >= 0.3 is 6.18 Å². The van der Waals surface area contributed by atoms with Gasteiger partial charge in [-0.25, -0.2) is 8.42 Å². The van der Waals surface area contributed by atoms with Crippen LogP contribution in [0.25, 0.3) is 0 Å². The fourth-order valence-corrected chi connectivity index (χ4v) is 3.53. The van der Waals surface area contributed by atoms with Crippen molar-refractivity contribution in [2.24, 2.45) is 0 Å². The molecule has 0 fully saturated rings. The molecule has 0 saturated heterocycles. The molecular formula is C19H21F3N2O3S. The highest BCUT2D eigenvalue weighted by Gasteiger charge is 2.29. The van der Waals surface area contributed by atoms with Crippen molar-refractivity contribution in [3.63, 3.8) is 0 Å². The molecule has 0 aromatic heterocycles. The Kier molecular flexibility index (Phi) is 6.71. The molecule has 0 aliphatic heterocycles. The van der Waals surface area contributed by atoms with E-state index in [4.69, 9.17) is 0 Å². The smallest absolute Gasteiger partial charge is 0.354 e. The lowest BCUT2D eigenvalue weighted by Gasteiger charge is -2.23. The first-order chi connectivity index (χ1) is 13.0. The van der Waals surface area contributed by atoms with Crippen LogP contribution < -0.4 is 9.62 Å². The fourth-order valence-electron chi connectivity index (χ4n) is 2.62. The van der Waals surface area contributed by atoms with Crippen molar-refractivity contribution >= 4 is 21.6 Å². The lowest BCUT2D eigenvalue weighted by atomic mass is 10.1. The van der Waals surface area contributed by atoms with Crippen molar-refractivity contribution in [2.75, 3.05) is 23.7 Å². The summed E-state index contributed by atoms with van der Waals surface area (Å²) in [5.41, 5.74) is 1.03. The predicted octanol–water partition coefficient (Wildman–Crippen LogP) is 3.14. The SMILES string of the molecule is Cc1ccccc1N(CC(=O)NCCc1ccc(C(F)(F)F)cc1)S(C)(=O)=O. The lowest BCUT2D eigenvalue weighted by Crippen LogP contribution is -2.41. The summed E-state index contributed by atoms with van der Waals surface area (Å²) in [6.45, 7) is 1.54. The molecule has 0 atom stereocenters. The Morgan fingerprint density at radius 3 is 2.21 bits per heavy atom. The summed E-state index contributed by atoms with van der Waals surface area (Å²) in [5, 5.41) is 2.60. The van der Waals surface area contributed by atoms with Gasteiger partial charge in [-0.15, -0.1) is 0 Å². The van der Waals surface area contributed by atoms with Gasteiger partial charge in [0.25, 0.3) is 0 Å². The molecule has 2 aromatic carbocycles. The van der Waals surface area contributed by atoms with Crippen LogP contribution in [0.1, 0.15) is 16.7 Å². The Bertz CT molecular complexity index is 926. The number of hydrogen-bond acceptors (Lipinski definition) is 3. The van der Waals surface area contributed by atoms with Crippen molar-refractivity contribution in [1.29, 1.82) is 0 Å². The van der Waals surface area contributed by atoms with E-state index in [0.717, 1.165) is 22.7 Å². The molecule has 2 rings (SSSR count). The number of sulfonamides is 1. The van der Waals surface area contributed by atoms with E-state index in [9.17, 15) is 26.4 Å².